The average molecular weight is 348 g/mol. The van der Waals surface area contributed by atoms with E-state index in [-0.39, 0.29) is 17.9 Å². The highest BCUT2D eigenvalue weighted by molar-refractivity contribution is 7.90. The first-order valence-corrected chi connectivity index (χ1v) is 9.96. The molecule has 0 aliphatic carbocycles. The van der Waals surface area contributed by atoms with Crippen molar-refractivity contribution < 1.29 is 8.42 Å². The minimum Gasteiger partial charge on any atom is -0.298 e. The number of hydrogen-bond acceptors (Lipinski definition) is 5. The third-order valence-electron chi connectivity index (χ3n) is 3.66. The van der Waals surface area contributed by atoms with Gasteiger partial charge in [0, 0.05) is 17.7 Å². The summed E-state index contributed by atoms with van der Waals surface area (Å²) in [5.74, 6) is -0.0746. The maximum Gasteiger partial charge on any atom is 0.262 e. The van der Waals surface area contributed by atoms with Gasteiger partial charge in [-0.2, -0.15) is 0 Å². The molecule has 0 unspecified atom stereocenters. The Hall–Kier alpha value is -1.99. The second-order valence-electron chi connectivity index (χ2n) is 5.48. The van der Waals surface area contributed by atoms with Crippen LogP contribution in [0, 0.1) is 6.92 Å². The second kappa shape index (κ2) is 5.90. The number of thiophene rings is 1. The number of aromatic nitrogens is 2. The van der Waals surface area contributed by atoms with Gasteiger partial charge in [-0.3, -0.25) is 9.36 Å². The maximum absolute atomic E-state index is 12.6. The van der Waals surface area contributed by atoms with Crippen molar-refractivity contribution in [1.29, 1.82) is 0 Å². The molecule has 2 heterocycles. The Kier molecular flexibility index (Phi) is 4.08. The van der Waals surface area contributed by atoms with E-state index in [1.165, 1.54) is 22.2 Å². The highest BCUT2D eigenvalue weighted by Gasteiger charge is 2.16. The molecule has 7 heteroatoms. The van der Waals surface area contributed by atoms with Crippen molar-refractivity contribution in [3.63, 3.8) is 0 Å². The van der Waals surface area contributed by atoms with Gasteiger partial charge in [0.1, 0.15) is 14.7 Å². The van der Waals surface area contributed by atoms with Crippen LogP contribution in [0.2, 0.25) is 0 Å². The number of benzene rings is 1. The lowest BCUT2D eigenvalue weighted by Gasteiger charge is -2.04. The van der Waals surface area contributed by atoms with E-state index in [4.69, 9.17) is 0 Å². The van der Waals surface area contributed by atoms with Gasteiger partial charge in [0.2, 0.25) is 0 Å². The summed E-state index contributed by atoms with van der Waals surface area (Å²) in [6.07, 6.45) is 2.59. The summed E-state index contributed by atoms with van der Waals surface area (Å²) in [6.45, 7) is 2.03. The molecule has 0 atom stereocenters. The Labute approximate surface area is 138 Å². The second-order valence-corrected chi connectivity index (χ2v) is 8.73. The van der Waals surface area contributed by atoms with Crippen LogP contribution in [0.15, 0.2) is 41.5 Å². The quantitative estimate of drug-likeness (QED) is 0.726. The molecular formula is C16H16N2O3S2. The molecule has 0 spiro atoms. The standard InChI is InChI=1S/C16H16N2O3S2/c1-11-13-15(22-14(11)12-6-4-3-5-7-12)17-10-18(16(13)19)8-9-23(2,20)21/h3-7,10H,8-9H2,1-2H3. The zero-order chi connectivity index (χ0) is 16.6. The molecule has 23 heavy (non-hydrogen) atoms. The van der Waals surface area contributed by atoms with Crippen LogP contribution in [0.5, 0.6) is 0 Å². The van der Waals surface area contributed by atoms with Crippen LogP contribution >= 0.6 is 11.3 Å². The molecule has 2 aromatic heterocycles. The molecule has 0 saturated carbocycles. The molecule has 1 aromatic carbocycles. The fraction of sp³-hybridized carbons (Fsp3) is 0.250. The van der Waals surface area contributed by atoms with Crippen molar-refractivity contribution in [2.24, 2.45) is 0 Å². The van der Waals surface area contributed by atoms with E-state index in [0.717, 1.165) is 22.3 Å². The summed E-state index contributed by atoms with van der Waals surface area (Å²) < 4.78 is 24.0. The third-order valence-corrected chi connectivity index (χ3v) is 5.83. The molecule has 3 aromatic rings. The van der Waals surface area contributed by atoms with E-state index < -0.39 is 9.84 Å². The molecule has 0 fully saturated rings. The maximum atomic E-state index is 12.6. The number of rotatable bonds is 4. The van der Waals surface area contributed by atoms with Crippen molar-refractivity contribution in [2.75, 3.05) is 12.0 Å². The van der Waals surface area contributed by atoms with E-state index in [9.17, 15) is 13.2 Å². The predicted molar refractivity (Wildman–Crippen MR) is 93.8 cm³/mol. The normalized spacial score (nSPS) is 11.9. The van der Waals surface area contributed by atoms with E-state index in [1.807, 2.05) is 37.3 Å². The minimum absolute atomic E-state index is 0.0746. The molecule has 120 valence electrons. The summed E-state index contributed by atoms with van der Waals surface area (Å²) >= 11 is 1.48. The summed E-state index contributed by atoms with van der Waals surface area (Å²) in [5.41, 5.74) is 1.76. The van der Waals surface area contributed by atoms with E-state index in [1.54, 1.807) is 0 Å². The Morgan fingerprint density at radius 1 is 1.22 bits per heavy atom. The first-order valence-electron chi connectivity index (χ1n) is 7.08. The molecule has 0 amide bonds. The number of nitrogens with zero attached hydrogens (tertiary/aromatic N) is 2. The molecule has 0 N–H and O–H groups in total. The number of fused-ring (bicyclic) bond motifs is 1. The highest BCUT2D eigenvalue weighted by atomic mass is 32.2. The minimum atomic E-state index is -3.13. The van der Waals surface area contributed by atoms with E-state index in [2.05, 4.69) is 4.98 Å². The van der Waals surface area contributed by atoms with Crippen LogP contribution in [-0.4, -0.2) is 30.0 Å². The Bertz CT molecular complexity index is 1020. The zero-order valence-electron chi connectivity index (χ0n) is 12.8. The number of sulfone groups is 1. The molecule has 0 aliphatic heterocycles. The summed E-state index contributed by atoms with van der Waals surface area (Å²) in [7, 11) is -3.13. The van der Waals surface area contributed by atoms with Crippen LogP contribution in [0.25, 0.3) is 20.7 Å². The lowest BCUT2D eigenvalue weighted by Crippen LogP contribution is -2.24. The van der Waals surface area contributed by atoms with Crippen LogP contribution in [0.1, 0.15) is 5.56 Å². The Morgan fingerprint density at radius 3 is 2.57 bits per heavy atom. The van der Waals surface area contributed by atoms with E-state index in [0.29, 0.717) is 10.2 Å². The van der Waals surface area contributed by atoms with Crippen molar-refractivity contribution in [3.05, 3.63) is 52.6 Å². The lowest BCUT2D eigenvalue weighted by molar-refractivity contribution is 0.592. The van der Waals surface area contributed by atoms with Crippen LogP contribution < -0.4 is 5.56 Å². The first kappa shape index (κ1) is 15.9. The molecule has 3 rings (SSSR count). The molecule has 0 radical (unpaired) electrons. The smallest absolute Gasteiger partial charge is 0.262 e. The first-order chi connectivity index (χ1) is 10.9. The van der Waals surface area contributed by atoms with E-state index >= 15 is 0 Å². The fourth-order valence-corrected chi connectivity index (χ4v) is 4.12. The van der Waals surface area contributed by atoms with Gasteiger partial charge in [0.15, 0.2) is 0 Å². The third kappa shape index (κ3) is 3.20. The van der Waals surface area contributed by atoms with Gasteiger partial charge in [-0.05, 0) is 18.1 Å². The van der Waals surface area contributed by atoms with Crippen molar-refractivity contribution >= 4 is 31.4 Å². The molecule has 0 aliphatic rings. The predicted octanol–water partition coefficient (Wildman–Crippen LogP) is 2.48. The van der Waals surface area contributed by atoms with Crippen LogP contribution in [0.4, 0.5) is 0 Å². The van der Waals surface area contributed by atoms with Gasteiger partial charge >= 0.3 is 0 Å². The SMILES string of the molecule is Cc1c(-c2ccccc2)sc2ncn(CCS(C)(=O)=O)c(=O)c12. The van der Waals surface area contributed by atoms with Crippen LogP contribution in [-0.2, 0) is 16.4 Å². The Balaban J connectivity index is 2.12. The zero-order valence-corrected chi connectivity index (χ0v) is 14.4. The van der Waals surface area contributed by atoms with Crippen LogP contribution in [0.3, 0.4) is 0 Å². The summed E-state index contributed by atoms with van der Waals surface area (Å²) in [4.78, 5) is 18.7. The monoisotopic (exact) mass is 348 g/mol. The molecule has 0 bridgehead atoms. The highest BCUT2D eigenvalue weighted by Crippen LogP contribution is 2.35. The molecular weight excluding hydrogens is 332 g/mol. The molecule has 0 saturated heterocycles. The van der Waals surface area contributed by atoms with Gasteiger partial charge in [0.05, 0.1) is 17.5 Å². The largest absolute Gasteiger partial charge is 0.298 e. The van der Waals surface area contributed by atoms with Crippen molar-refractivity contribution in [2.45, 2.75) is 13.5 Å². The molecule has 5 nitrogen and oxygen atoms in total. The Morgan fingerprint density at radius 2 is 1.91 bits per heavy atom. The lowest BCUT2D eigenvalue weighted by atomic mass is 10.1. The van der Waals surface area contributed by atoms with Gasteiger partial charge in [-0.15, -0.1) is 11.3 Å². The van der Waals surface area contributed by atoms with Gasteiger partial charge in [0.25, 0.3) is 5.56 Å². The average Bonchev–Trinajstić information content (AvgIpc) is 2.84. The fourth-order valence-electron chi connectivity index (χ4n) is 2.45. The topological polar surface area (TPSA) is 69.0 Å². The van der Waals surface area contributed by atoms with Crippen molar-refractivity contribution in [3.8, 4) is 10.4 Å². The summed E-state index contributed by atoms with van der Waals surface area (Å²) in [6, 6.07) is 9.86. The van der Waals surface area contributed by atoms with Gasteiger partial charge in [-0.1, -0.05) is 30.3 Å². The summed E-state index contributed by atoms with van der Waals surface area (Å²) in [5, 5.41) is 0.574. The van der Waals surface area contributed by atoms with Crippen molar-refractivity contribution in [1.82, 2.24) is 9.55 Å². The number of aryl methyl sites for hydroxylation is 2. The van der Waals surface area contributed by atoms with Gasteiger partial charge in [-0.25, -0.2) is 13.4 Å². The number of hydrogen-bond donors (Lipinski definition) is 0. The van der Waals surface area contributed by atoms with Gasteiger partial charge < -0.3 is 0 Å².